The largest absolute Gasteiger partial charge is 0.496 e. The van der Waals surface area contributed by atoms with E-state index in [1.807, 2.05) is 30.3 Å². The highest BCUT2D eigenvalue weighted by Crippen LogP contribution is 2.45. The van der Waals surface area contributed by atoms with Gasteiger partial charge in [-0.25, -0.2) is 0 Å². The average molecular weight is 507 g/mol. The number of ether oxygens (including phenoxy) is 2. The second kappa shape index (κ2) is 11.3. The van der Waals surface area contributed by atoms with E-state index in [0.29, 0.717) is 26.1 Å². The third-order valence-corrected chi connectivity index (χ3v) is 6.49. The van der Waals surface area contributed by atoms with Crippen LogP contribution in [0.5, 0.6) is 5.75 Å². The first-order chi connectivity index (χ1) is 14.8. The fourth-order valence-corrected chi connectivity index (χ4v) is 4.70. The van der Waals surface area contributed by atoms with Crippen LogP contribution in [0.15, 0.2) is 42.5 Å². The van der Waals surface area contributed by atoms with Gasteiger partial charge in [0, 0.05) is 17.6 Å². The summed E-state index contributed by atoms with van der Waals surface area (Å²) in [6, 6.07) is 12.4. The van der Waals surface area contributed by atoms with Crippen LogP contribution in [-0.4, -0.2) is 32.5 Å². The number of benzene rings is 2. The topological polar surface area (TPSA) is 42.5 Å². The number of rotatable bonds is 5. The molecule has 1 fully saturated rings. The quantitative estimate of drug-likeness (QED) is 0.563. The summed E-state index contributed by atoms with van der Waals surface area (Å²) in [5.74, 6) is 0.257. The zero-order valence-electron chi connectivity index (χ0n) is 18.7. The van der Waals surface area contributed by atoms with E-state index in [-0.39, 0.29) is 48.2 Å². The molecule has 0 bridgehead atoms. The Bertz CT molecular complexity index is 915. The average Bonchev–Trinajstić information content (AvgIpc) is 2.78. The molecule has 184 valence electrons. The molecule has 3 unspecified atom stereocenters. The highest BCUT2D eigenvalue weighted by atomic mass is 35.5. The maximum atomic E-state index is 14.7. The van der Waals surface area contributed by atoms with Gasteiger partial charge in [0.1, 0.15) is 11.3 Å². The van der Waals surface area contributed by atoms with Crippen molar-refractivity contribution >= 4 is 24.8 Å². The molecule has 0 amide bonds. The summed E-state index contributed by atoms with van der Waals surface area (Å²) in [6.45, 7) is 2.88. The summed E-state index contributed by atoms with van der Waals surface area (Å²) in [5, 5.41) is 6.42. The third kappa shape index (κ3) is 5.60. The lowest BCUT2D eigenvalue weighted by molar-refractivity contribution is -0.199. The van der Waals surface area contributed by atoms with Crippen molar-refractivity contribution in [2.75, 3.05) is 20.3 Å². The van der Waals surface area contributed by atoms with Crippen LogP contribution in [0.2, 0.25) is 0 Å². The van der Waals surface area contributed by atoms with Gasteiger partial charge in [0.2, 0.25) is 0 Å². The first-order valence-electron chi connectivity index (χ1n) is 10.7. The third-order valence-electron chi connectivity index (χ3n) is 6.49. The fraction of sp³-hybridized carbons (Fsp3) is 0.500. The van der Waals surface area contributed by atoms with Crippen LogP contribution in [0, 0.1) is 0 Å². The van der Waals surface area contributed by atoms with Crippen LogP contribution in [0.1, 0.15) is 48.1 Å². The predicted molar refractivity (Wildman–Crippen MR) is 128 cm³/mol. The van der Waals surface area contributed by atoms with Gasteiger partial charge < -0.3 is 14.8 Å². The number of hydrogen-bond acceptors (Lipinski definition) is 4. The van der Waals surface area contributed by atoms with Gasteiger partial charge >= 0.3 is 6.18 Å². The highest BCUT2D eigenvalue weighted by molar-refractivity contribution is 5.85. The van der Waals surface area contributed by atoms with Crippen molar-refractivity contribution in [3.63, 3.8) is 0 Å². The zero-order valence-corrected chi connectivity index (χ0v) is 20.3. The Morgan fingerprint density at radius 2 is 1.82 bits per heavy atom. The minimum absolute atomic E-state index is 0. The SMILES string of the molecule is COc1cc2c(cc1C(C)(NC1CCCNC1c1ccccc1)C(F)(F)F)COCC2.Cl.Cl. The summed E-state index contributed by atoms with van der Waals surface area (Å²) in [4.78, 5) is 0. The molecule has 0 radical (unpaired) electrons. The van der Waals surface area contributed by atoms with Crippen molar-refractivity contribution in [1.82, 2.24) is 10.6 Å². The lowest BCUT2D eigenvalue weighted by Crippen LogP contribution is -2.59. The maximum Gasteiger partial charge on any atom is 0.410 e. The van der Waals surface area contributed by atoms with Gasteiger partial charge in [0.15, 0.2) is 0 Å². The number of methoxy groups -OCH3 is 1. The van der Waals surface area contributed by atoms with Gasteiger partial charge in [-0.3, -0.25) is 5.32 Å². The Morgan fingerprint density at radius 3 is 2.48 bits per heavy atom. The maximum absolute atomic E-state index is 14.7. The summed E-state index contributed by atoms with van der Waals surface area (Å²) in [6.07, 6.45) is -2.40. The van der Waals surface area contributed by atoms with E-state index >= 15 is 0 Å². The molecule has 1 saturated heterocycles. The predicted octanol–water partition coefficient (Wildman–Crippen LogP) is 5.47. The van der Waals surface area contributed by atoms with Crippen molar-refractivity contribution < 1.29 is 22.6 Å². The molecule has 2 aromatic rings. The van der Waals surface area contributed by atoms with E-state index in [1.54, 1.807) is 12.1 Å². The van der Waals surface area contributed by atoms with Crippen molar-refractivity contribution in [3.05, 3.63) is 64.7 Å². The fourth-order valence-electron chi connectivity index (χ4n) is 4.70. The van der Waals surface area contributed by atoms with E-state index in [9.17, 15) is 13.2 Å². The molecule has 3 atom stereocenters. The molecular weight excluding hydrogens is 476 g/mol. The monoisotopic (exact) mass is 506 g/mol. The highest BCUT2D eigenvalue weighted by Gasteiger charge is 2.55. The van der Waals surface area contributed by atoms with Gasteiger partial charge in [-0.2, -0.15) is 13.2 Å². The van der Waals surface area contributed by atoms with E-state index in [2.05, 4.69) is 10.6 Å². The molecule has 33 heavy (non-hydrogen) atoms. The first-order valence-corrected chi connectivity index (χ1v) is 10.7. The molecule has 2 aromatic carbocycles. The standard InChI is InChI=1S/C24H29F3N2O2.2ClH/c1-23(24(25,26)27,19-13-18-15-31-12-10-17(18)14-21(19)30-2)29-20-9-6-11-28-22(20)16-7-4-3-5-8-16;;/h3-5,7-8,13-14,20,22,28-29H,6,9-12,15H2,1-2H3;2*1H. The molecule has 2 aliphatic rings. The minimum atomic E-state index is -4.53. The van der Waals surface area contributed by atoms with Gasteiger partial charge in [0.25, 0.3) is 0 Å². The van der Waals surface area contributed by atoms with Crippen molar-refractivity contribution in [2.24, 2.45) is 0 Å². The second-order valence-electron chi connectivity index (χ2n) is 8.48. The van der Waals surface area contributed by atoms with E-state index in [1.165, 1.54) is 14.0 Å². The van der Waals surface area contributed by atoms with Gasteiger partial charge in [0.05, 0.1) is 20.3 Å². The van der Waals surface area contributed by atoms with Crippen molar-refractivity contribution in [3.8, 4) is 5.75 Å². The number of fused-ring (bicyclic) bond motifs is 1. The number of halogens is 5. The molecule has 2 N–H and O–H groups in total. The second-order valence-corrected chi connectivity index (χ2v) is 8.48. The van der Waals surface area contributed by atoms with Crippen LogP contribution in [0.3, 0.4) is 0 Å². The van der Waals surface area contributed by atoms with Crippen LogP contribution < -0.4 is 15.4 Å². The van der Waals surface area contributed by atoms with E-state index in [0.717, 1.165) is 29.7 Å². The molecule has 4 nitrogen and oxygen atoms in total. The van der Waals surface area contributed by atoms with E-state index in [4.69, 9.17) is 9.47 Å². The minimum Gasteiger partial charge on any atom is -0.496 e. The lowest BCUT2D eigenvalue weighted by Gasteiger charge is -2.43. The summed E-state index contributed by atoms with van der Waals surface area (Å²) in [5.41, 5.74) is 0.583. The first kappa shape index (κ1) is 27.7. The van der Waals surface area contributed by atoms with Crippen molar-refractivity contribution in [1.29, 1.82) is 0 Å². The van der Waals surface area contributed by atoms with Gasteiger partial charge in [-0.1, -0.05) is 30.3 Å². The van der Waals surface area contributed by atoms with Gasteiger partial charge in [-0.15, -0.1) is 24.8 Å². The summed E-state index contributed by atoms with van der Waals surface area (Å²) in [7, 11) is 1.43. The molecule has 2 aliphatic heterocycles. The number of nitrogens with one attached hydrogen (secondary N) is 2. The number of hydrogen-bond donors (Lipinski definition) is 2. The Labute approximate surface area is 205 Å². The van der Waals surface area contributed by atoms with Crippen LogP contribution in [-0.2, 0) is 23.3 Å². The van der Waals surface area contributed by atoms with Crippen LogP contribution in [0.4, 0.5) is 13.2 Å². The van der Waals surface area contributed by atoms with E-state index < -0.39 is 11.7 Å². The Hall–Kier alpha value is -1.51. The molecular formula is C24H31Cl2F3N2O2. The summed E-state index contributed by atoms with van der Waals surface area (Å²) >= 11 is 0. The number of piperidine rings is 1. The summed E-state index contributed by atoms with van der Waals surface area (Å²) < 4.78 is 54.9. The molecule has 0 aliphatic carbocycles. The smallest absolute Gasteiger partial charge is 0.410 e. The van der Waals surface area contributed by atoms with Crippen molar-refractivity contribution in [2.45, 2.75) is 56.6 Å². The molecule has 9 heteroatoms. The Morgan fingerprint density at radius 1 is 1.09 bits per heavy atom. The normalized spacial score (nSPS) is 22.2. The molecule has 0 spiro atoms. The van der Waals surface area contributed by atoms with Crippen LogP contribution >= 0.6 is 24.8 Å². The number of alkyl halides is 3. The lowest BCUT2D eigenvalue weighted by atomic mass is 9.83. The molecule has 2 heterocycles. The molecule has 4 rings (SSSR count). The molecule has 0 saturated carbocycles. The molecule has 0 aromatic heterocycles. The zero-order chi connectivity index (χ0) is 22.1. The van der Waals surface area contributed by atoms with Gasteiger partial charge in [-0.05, 0) is 61.6 Å². The van der Waals surface area contributed by atoms with Crippen LogP contribution in [0.25, 0.3) is 0 Å². The Balaban J connectivity index is 0.00000193. The Kier molecular flexibility index (Phi) is 9.48.